The van der Waals surface area contributed by atoms with Gasteiger partial charge in [-0.3, -0.25) is 0 Å². The molecule has 118 valence electrons. The number of aryl methyl sites for hydroxylation is 2. The van der Waals surface area contributed by atoms with Crippen LogP contribution < -0.4 is 9.88 Å². The summed E-state index contributed by atoms with van der Waals surface area (Å²) in [6, 6.07) is 6.20. The number of primary sulfonamides is 1. The van der Waals surface area contributed by atoms with E-state index in [1.54, 1.807) is 0 Å². The molecule has 1 aliphatic rings. The molecule has 0 fully saturated rings. The van der Waals surface area contributed by atoms with Gasteiger partial charge in [0.1, 0.15) is 5.75 Å². The number of rotatable bonds is 7. The minimum Gasteiger partial charge on any atom is -0.493 e. The van der Waals surface area contributed by atoms with Gasteiger partial charge in [0.15, 0.2) is 0 Å². The molecule has 0 unspecified atom stereocenters. The van der Waals surface area contributed by atoms with Crippen LogP contribution in [0.2, 0.25) is 0 Å². The minimum absolute atomic E-state index is 0.0298. The lowest BCUT2D eigenvalue weighted by Crippen LogP contribution is -2.37. The quantitative estimate of drug-likeness (QED) is 0.841. The van der Waals surface area contributed by atoms with Crippen molar-refractivity contribution in [2.24, 2.45) is 10.6 Å². The summed E-state index contributed by atoms with van der Waals surface area (Å²) in [5, 5.41) is 5.23. The molecule has 0 amide bonds. The number of hydrogen-bond donors (Lipinski definition) is 1. The van der Waals surface area contributed by atoms with E-state index in [4.69, 9.17) is 9.88 Å². The third-order valence-electron chi connectivity index (χ3n) is 4.62. The highest BCUT2D eigenvalue weighted by Gasteiger charge is 2.32. The van der Waals surface area contributed by atoms with Crippen molar-refractivity contribution in [1.82, 2.24) is 0 Å². The van der Waals surface area contributed by atoms with E-state index < -0.39 is 15.4 Å². The van der Waals surface area contributed by atoms with Gasteiger partial charge in [0.05, 0.1) is 12.4 Å². The average Bonchev–Trinajstić information content (AvgIpc) is 2.89. The number of fused-ring (bicyclic) bond motifs is 1. The molecule has 1 aliphatic carbocycles. The standard InChI is InChI=1S/C16H25NO3S/c1-3-16(4-2,12-21(17,18)19)11-20-15-9-8-13-6-5-7-14(13)10-15/h8-10H,3-7,11-12H2,1-2H3,(H2,17,18,19). The second kappa shape index (κ2) is 6.36. The average molecular weight is 311 g/mol. The number of nitrogens with two attached hydrogens (primary N) is 1. The fourth-order valence-electron chi connectivity index (χ4n) is 3.00. The second-order valence-corrected chi connectivity index (χ2v) is 7.70. The van der Waals surface area contributed by atoms with Gasteiger partial charge in [-0.25, -0.2) is 13.6 Å². The summed E-state index contributed by atoms with van der Waals surface area (Å²) in [7, 11) is -3.50. The van der Waals surface area contributed by atoms with Gasteiger partial charge in [0, 0.05) is 5.41 Å². The molecule has 1 aromatic carbocycles. The van der Waals surface area contributed by atoms with Crippen molar-refractivity contribution in [2.45, 2.75) is 46.0 Å². The zero-order chi connectivity index (χ0) is 15.5. The molecule has 0 aliphatic heterocycles. The summed E-state index contributed by atoms with van der Waals surface area (Å²) in [6.07, 6.45) is 4.92. The Hall–Kier alpha value is -1.07. The summed E-state index contributed by atoms with van der Waals surface area (Å²) >= 11 is 0. The highest BCUT2D eigenvalue weighted by Crippen LogP contribution is 2.31. The van der Waals surface area contributed by atoms with Gasteiger partial charge in [-0.2, -0.15) is 0 Å². The van der Waals surface area contributed by atoms with Crippen LogP contribution in [-0.4, -0.2) is 20.8 Å². The summed E-state index contributed by atoms with van der Waals surface area (Å²) in [6.45, 7) is 4.36. The Bertz CT molecular complexity index is 592. The molecule has 4 nitrogen and oxygen atoms in total. The Labute approximate surface area is 127 Å². The minimum atomic E-state index is -3.50. The van der Waals surface area contributed by atoms with Crippen LogP contribution in [0.5, 0.6) is 5.75 Å². The zero-order valence-corrected chi connectivity index (χ0v) is 13.7. The largest absolute Gasteiger partial charge is 0.493 e. The molecule has 2 rings (SSSR count). The van der Waals surface area contributed by atoms with Gasteiger partial charge in [-0.05, 0) is 55.4 Å². The monoisotopic (exact) mass is 311 g/mol. The molecule has 5 heteroatoms. The van der Waals surface area contributed by atoms with Crippen LogP contribution in [0.25, 0.3) is 0 Å². The van der Waals surface area contributed by atoms with Crippen LogP contribution in [-0.2, 0) is 22.9 Å². The number of hydrogen-bond acceptors (Lipinski definition) is 3. The molecule has 0 atom stereocenters. The summed E-state index contributed by atoms with van der Waals surface area (Å²) in [5.41, 5.74) is 2.36. The first kappa shape index (κ1) is 16.3. The predicted octanol–water partition coefficient (Wildman–Crippen LogP) is 2.65. The fourth-order valence-corrected chi connectivity index (χ4v) is 4.35. The van der Waals surface area contributed by atoms with E-state index in [9.17, 15) is 8.42 Å². The second-order valence-electron chi connectivity index (χ2n) is 6.09. The lowest BCUT2D eigenvalue weighted by molar-refractivity contribution is 0.154. The molecule has 0 radical (unpaired) electrons. The van der Waals surface area contributed by atoms with Crippen molar-refractivity contribution in [3.63, 3.8) is 0 Å². The van der Waals surface area contributed by atoms with Crippen LogP contribution in [0.4, 0.5) is 0 Å². The Morgan fingerprint density at radius 2 is 1.86 bits per heavy atom. The van der Waals surface area contributed by atoms with Gasteiger partial charge < -0.3 is 4.74 Å². The lowest BCUT2D eigenvalue weighted by Gasteiger charge is -2.30. The van der Waals surface area contributed by atoms with Gasteiger partial charge >= 0.3 is 0 Å². The molecule has 0 spiro atoms. The van der Waals surface area contributed by atoms with Crippen molar-refractivity contribution < 1.29 is 13.2 Å². The molecule has 0 saturated heterocycles. The highest BCUT2D eigenvalue weighted by molar-refractivity contribution is 7.89. The van der Waals surface area contributed by atoms with E-state index in [-0.39, 0.29) is 5.75 Å². The SMILES string of the molecule is CCC(CC)(COc1ccc2c(c1)CCC2)CS(N)(=O)=O. The maximum Gasteiger partial charge on any atom is 0.209 e. The van der Waals surface area contributed by atoms with Crippen LogP contribution in [0, 0.1) is 5.41 Å². The van der Waals surface area contributed by atoms with Crippen molar-refractivity contribution in [3.8, 4) is 5.75 Å². The first-order valence-corrected chi connectivity index (χ1v) is 9.34. The number of benzene rings is 1. The lowest BCUT2D eigenvalue weighted by atomic mass is 9.85. The Balaban J connectivity index is 2.08. The van der Waals surface area contributed by atoms with Crippen LogP contribution in [0.3, 0.4) is 0 Å². The van der Waals surface area contributed by atoms with Gasteiger partial charge in [0.2, 0.25) is 10.0 Å². The van der Waals surface area contributed by atoms with Crippen molar-refractivity contribution in [3.05, 3.63) is 29.3 Å². The van der Waals surface area contributed by atoms with Crippen molar-refractivity contribution in [1.29, 1.82) is 0 Å². The predicted molar refractivity (Wildman–Crippen MR) is 85.0 cm³/mol. The summed E-state index contributed by atoms with van der Waals surface area (Å²) in [4.78, 5) is 0. The maximum atomic E-state index is 11.5. The molecule has 0 heterocycles. The molecular formula is C16H25NO3S. The normalized spacial score (nSPS) is 15.0. The number of ether oxygens (including phenoxy) is 1. The molecule has 0 saturated carbocycles. The summed E-state index contributed by atoms with van der Waals surface area (Å²) in [5.74, 6) is 0.800. The van der Waals surface area contributed by atoms with E-state index in [1.807, 2.05) is 19.9 Å². The Morgan fingerprint density at radius 1 is 1.19 bits per heavy atom. The third kappa shape index (κ3) is 4.20. The highest BCUT2D eigenvalue weighted by atomic mass is 32.2. The first-order valence-electron chi connectivity index (χ1n) is 7.62. The van der Waals surface area contributed by atoms with Crippen LogP contribution in [0.15, 0.2) is 18.2 Å². The number of sulfonamides is 1. The van der Waals surface area contributed by atoms with Crippen LogP contribution >= 0.6 is 0 Å². The van der Waals surface area contributed by atoms with E-state index in [0.29, 0.717) is 6.61 Å². The zero-order valence-electron chi connectivity index (χ0n) is 12.9. The van der Waals surface area contributed by atoms with Crippen molar-refractivity contribution in [2.75, 3.05) is 12.4 Å². The topological polar surface area (TPSA) is 69.4 Å². The Kier molecular flexibility index (Phi) is 4.94. The third-order valence-corrected chi connectivity index (χ3v) is 5.64. The molecule has 0 bridgehead atoms. The smallest absolute Gasteiger partial charge is 0.209 e. The van der Waals surface area contributed by atoms with E-state index >= 15 is 0 Å². The van der Waals surface area contributed by atoms with Crippen LogP contribution in [0.1, 0.15) is 44.2 Å². The fraction of sp³-hybridized carbons (Fsp3) is 0.625. The van der Waals surface area contributed by atoms with E-state index in [2.05, 4.69) is 12.1 Å². The Morgan fingerprint density at radius 3 is 2.48 bits per heavy atom. The molecule has 21 heavy (non-hydrogen) atoms. The maximum absolute atomic E-state index is 11.5. The molecule has 0 aromatic heterocycles. The van der Waals surface area contributed by atoms with E-state index in [1.165, 1.54) is 17.5 Å². The molecule has 2 N–H and O–H groups in total. The molecule has 1 aromatic rings. The first-order chi connectivity index (χ1) is 9.87. The van der Waals surface area contributed by atoms with E-state index in [0.717, 1.165) is 31.4 Å². The summed E-state index contributed by atoms with van der Waals surface area (Å²) < 4.78 is 28.8. The van der Waals surface area contributed by atoms with Gasteiger partial charge in [0.25, 0.3) is 0 Å². The van der Waals surface area contributed by atoms with Gasteiger partial charge in [-0.1, -0.05) is 19.9 Å². The van der Waals surface area contributed by atoms with Gasteiger partial charge in [-0.15, -0.1) is 0 Å². The molecular weight excluding hydrogens is 286 g/mol. The van der Waals surface area contributed by atoms with Crippen molar-refractivity contribution >= 4 is 10.0 Å².